The maximum Gasteiger partial charge on any atom is 0.220 e. The van der Waals surface area contributed by atoms with Crippen LogP contribution in [0, 0.1) is 0 Å². The Labute approximate surface area is 190 Å². The number of hydrogen-bond acceptors (Lipinski definition) is 7. The maximum absolute atomic E-state index is 13.5. The van der Waals surface area contributed by atoms with Crippen molar-refractivity contribution in [1.29, 1.82) is 0 Å². The van der Waals surface area contributed by atoms with Gasteiger partial charge >= 0.3 is 0 Å². The molecule has 2 aliphatic rings. The molecule has 0 saturated carbocycles. The summed E-state index contributed by atoms with van der Waals surface area (Å²) in [5.74, 6) is -0.329. The number of rotatable bonds is 7. The second-order valence-electron chi connectivity index (χ2n) is 11.4. The molecule has 2 heterocycles. The van der Waals surface area contributed by atoms with E-state index in [1.54, 1.807) is 7.11 Å². The highest BCUT2D eigenvalue weighted by molar-refractivity contribution is 6.70. The molecule has 31 heavy (non-hydrogen) atoms. The first-order chi connectivity index (χ1) is 14.0. The van der Waals surface area contributed by atoms with Crippen molar-refractivity contribution in [2.75, 3.05) is 13.7 Å². The number of amides is 1. The largest absolute Gasteiger partial charge is 0.409 e. The van der Waals surface area contributed by atoms with E-state index in [2.05, 4.69) is 64.2 Å². The lowest BCUT2D eigenvalue weighted by atomic mass is 9.82. The molecule has 0 unspecified atom stereocenters. The molecule has 11 heteroatoms. The van der Waals surface area contributed by atoms with Crippen LogP contribution in [0.15, 0.2) is 0 Å². The zero-order valence-corrected chi connectivity index (χ0v) is 23.8. The predicted molar refractivity (Wildman–Crippen MR) is 127 cm³/mol. The summed E-state index contributed by atoms with van der Waals surface area (Å²) in [5, 5.41) is 2.86. The molecule has 2 aliphatic heterocycles. The number of methoxy groups -OCH3 is 1. The first kappa shape index (κ1) is 26.8. The van der Waals surface area contributed by atoms with Crippen molar-refractivity contribution in [3.8, 4) is 0 Å². The number of carbonyl (C=O) groups excluding carboxylic acids is 2. The van der Waals surface area contributed by atoms with Crippen LogP contribution in [0.5, 0.6) is 0 Å². The lowest BCUT2D eigenvalue weighted by molar-refractivity contribution is -0.304. The second kappa shape index (κ2) is 9.45. The van der Waals surface area contributed by atoms with E-state index in [1.165, 1.54) is 0 Å². The molecule has 0 aromatic carbocycles. The van der Waals surface area contributed by atoms with Gasteiger partial charge < -0.3 is 28.1 Å². The molecule has 1 N–H and O–H groups in total. The standard InChI is InChI=1S/C20H41NO7Si3/c1-24-19-17(27-30(5,6)7)16(26-29(2,3)4)18(28-31(8,9)10)20(25-19)13-21-15(23)12-11-14(20)22/h16-19H,11-13H2,1-10H3,(H,21,23)/t16-,17-,18+,19+,20+/m1/s1. The lowest BCUT2D eigenvalue weighted by Gasteiger charge is -2.54. The van der Waals surface area contributed by atoms with Gasteiger partial charge in [0.15, 0.2) is 42.6 Å². The van der Waals surface area contributed by atoms with Crippen LogP contribution < -0.4 is 5.32 Å². The molecule has 0 aromatic rings. The fourth-order valence-corrected chi connectivity index (χ4v) is 7.17. The van der Waals surface area contributed by atoms with E-state index in [1.807, 2.05) is 0 Å². The van der Waals surface area contributed by atoms with Gasteiger partial charge in [-0.2, -0.15) is 0 Å². The zero-order chi connectivity index (χ0) is 23.8. The van der Waals surface area contributed by atoms with Crippen molar-refractivity contribution < 1.29 is 32.3 Å². The molecule has 180 valence electrons. The first-order valence-corrected chi connectivity index (χ1v) is 21.2. The third kappa shape index (κ3) is 7.03. The van der Waals surface area contributed by atoms with Crippen molar-refractivity contribution in [2.24, 2.45) is 0 Å². The fraction of sp³-hybridized carbons (Fsp3) is 0.900. The molecular formula is C20H41NO7Si3. The number of ether oxygens (including phenoxy) is 2. The van der Waals surface area contributed by atoms with Crippen LogP contribution in [0.3, 0.4) is 0 Å². The summed E-state index contributed by atoms with van der Waals surface area (Å²) in [6.45, 7) is 18.9. The Kier molecular flexibility index (Phi) is 8.18. The molecule has 2 fully saturated rings. The molecule has 0 aromatic heterocycles. The van der Waals surface area contributed by atoms with E-state index in [4.69, 9.17) is 22.8 Å². The SMILES string of the molecule is CO[C@H]1O[C@]2(CNC(=O)CCC2=O)[C@@H](O[Si](C)(C)C)[C@H](O[Si](C)(C)C)[C@H]1O[Si](C)(C)C. The van der Waals surface area contributed by atoms with Gasteiger partial charge in [-0.05, 0) is 58.9 Å². The van der Waals surface area contributed by atoms with E-state index in [9.17, 15) is 9.59 Å². The molecule has 2 rings (SSSR count). The van der Waals surface area contributed by atoms with E-state index < -0.39 is 55.2 Å². The van der Waals surface area contributed by atoms with Crippen molar-refractivity contribution >= 4 is 36.6 Å². The molecule has 1 amide bonds. The van der Waals surface area contributed by atoms with Gasteiger partial charge in [0.25, 0.3) is 0 Å². The zero-order valence-electron chi connectivity index (χ0n) is 20.8. The Hall–Kier alpha value is -0.409. The third-order valence-corrected chi connectivity index (χ3v) is 7.89. The van der Waals surface area contributed by atoms with E-state index >= 15 is 0 Å². The Morgan fingerprint density at radius 2 is 1.35 bits per heavy atom. The molecule has 0 aliphatic carbocycles. The number of Topliss-reactive ketones (excluding diaryl/α,β-unsaturated/α-hetero) is 1. The van der Waals surface area contributed by atoms with E-state index in [-0.39, 0.29) is 31.1 Å². The van der Waals surface area contributed by atoms with E-state index in [0.29, 0.717) is 0 Å². The highest BCUT2D eigenvalue weighted by Gasteiger charge is 2.62. The van der Waals surface area contributed by atoms with Gasteiger partial charge in [0.2, 0.25) is 5.91 Å². The normalized spacial score (nSPS) is 33.4. The Balaban J connectivity index is 2.65. The minimum atomic E-state index is -2.15. The van der Waals surface area contributed by atoms with Crippen LogP contribution in [0.2, 0.25) is 58.9 Å². The predicted octanol–water partition coefficient (Wildman–Crippen LogP) is 2.87. The van der Waals surface area contributed by atoms with Gasteiger partial charge in [-0.3, -0.25) is 9.59 Å². The molecule has 0 bridgehead atoms. The van der Waals surface area contributed by atoms with E-state index in [0.717, 1.165) is 0 Å². The summed E-state index contributed by atoms with van der Waals surface area (Å²) in [6, 6.07) is 0. The quantitative estimate of drug-likeness (QED) is 0.547. The average Bonchev–Trinajstić information content (AvgIpc) is 2.71. The highest BCUT2D eigenvalue weighted by atomic mass is 28.4. The Morgan fingerprint density at radius 1 is 0.839 bits per heavy atom. The Bertz CT molecular complexity index is 671. The summed E-state index contributed by atoms with van der Waals surface area (Å²) in [7, 11) is -4.72. The fourth-order valence-electron chi connectivity index (χ4n) is 3.95. The minimum absolute atomic E-state index is 0.0326. The highest BCUT2D eigenvalue weighted by Crippen LogP contribution is 2.40. The summed E-state index contributed by atoms with van der Waals surface area (Å²) < 4.78 is 32.0. The topological polar surface area (TPSA) is 92.3 Å². The van der Waals surface area contributed by atoms with Crippen LogP contribution in [0.4, 0.5) is 0 Å². The monoisotopic (exact) mass is 491 g/mol. The second-order valence-corrected chi connectivity index (χ2v) is 24.7. The lowest BCUT2D eigenvalue weighted by Crippen LogP contribution is -2.74. The van der Waals surface area contributed by atoms with Gasteiger partial charge in [0, 0.05) is 20.0 Å². The number of ketones is 1. The summed E-state index contributed by atoms with van der Waals surface area (Å²) in [4.78, 5) is 25.6. The Morgan fingerprint density at radius 3 is 1.84 bits per heavy atom. The minimum Gasteiger partial charge on any atom is -0.409 e. The molecular weight excluding hydrogens is 450 g/mol. The van der Waals surface area contributed by atoms with Crippen LogP contribution in [0.1, 0.15) is 12.8 Å². The molecule has 2 saturated heterocycles. The first-order valence-electron chi connectivity index (χ1n) is 11.0. The number of hydrogen-bond donors (Lipinski definition) is 1. The van der Waals surface area contributed by atoms with Crippen LogP contribution >= 0.6 is 0 Å². The summed E-state index contributed by atoms with van der Waals surface area (Å²) >= 11 is 0. The number of nitrogens with one attached hydrogen (secondary N) is 1. The molecule has 8 nitrogen and oxygen atoms in total. The van der Waals surface area contributed by atoms with Gasteiger partial charge in [-0.25, -0.2) is 0 Å². The van der Waals surface area contributed by atoms with Crippen LogP contribution in [0.25, 0.3) is 0 Å². The maximum atomic E-state index is 13.5. The summed E-state index contributed by atoms with van der Waals surface area (Å²) in [5.41, 5.74) is -1.38. The van der Waals surface area contributed by atoms with Crippen LogP contribution in [-0.4, -0.2) is 80.5 Å². The van der Waals surface area contributed by atoms with Crippen molar-refractivity contribution in [2.45, 2.75) is 102 Å². The van der Waals surface area contributed by atoms with Gasteiger partial charge in [0.1, 0.15) is 18.3 Å². The van der Waals surface area contributed by atoms with Crippen molar-refractivity contribution in [3.63, 3.8) is 0 Å². The average molecular weight is 492 g/mol. The summed E-state index contributed by atoms with van der Waals surface area (Å²) in [6.07, 6.45) is -2.38. The molecule has 1 spiro atoms. The van der Waals surface area contributed by atoms with Crippen molar-refractivity contribution in [1.82, 2.24) is 5.32 Å². The third-order valence-electron chi connectivity index (χ3n) is 4.97. The van der Waals surface area contributed by atoms with Gasteiger partial charge in [0.05, 0.1) is 6.54 Å². The number of carbonyl (C=O) groups is 2. The molecule has 0 radical (unpaired) electrons. The smallest absolute Gasteiger partial charge is 0.220 e. The van der Waals surface area contributed by atoms with Gasteiger partial charge in [-0.1, -0.05) is 0 Å². The molecule has 5 atom stereocenters. The van der Waals surface area contributed by atoms with Gasteiger partial charge in [-0.15, -0.1) is 0 Å². The van der Waals surface area contributed by atoms with Crippen LogP contribution in [-0.2, 0) is 32.3 Å². The van der Waals surface area contributed by atoms with Crippen molar-refractivity contribution in [3.05, 3.63) is 0 Å².